The fraction of sp³-hybridized carbons (Fsp3) is 0.500. The second-order valence-corrected chi connectivity index (χ2v) is 12.4. The molecule has 0 aromatic heterocycles. The van der Waals surface area contributed by atoms with Crippen LogP contribution in [0.5, 0.6) is 0 Å². The van der Waals surface area contributed by atoms with Gasteiger partial charge in [-0.15, -0.1) is 0 Å². The third kappa shape index (κ3) is 5.59. The largest absolute Gasteiger partial charge is 0.446 e. The normalized spacial score (nSPS) is 18.8. The lowest BCUT2D eigenvalue weighted by atomic mass is 9.98. The van der Waals surface area contributed by atoms with Crippen LogP contribution in [0, 0.1) is 5.92 Å². The van der Waals surface area contributed by atoms with E-state index in [1.54, 1.807) is 34.1 Å². The van der Waals surface area contributed by atoms with Crippen molar-refractivity contribution in [1.82, 2.24) is 0 Å². The summed E-state index contributed by atoms with van der Waals surface area (Å²) >= 11 is 0. The molecular formula is C28H36N2O5S. The van der Waals surface area contributed by atoms with Crippen LogP contribution in [0.3, 0.4) is 0 Å². The average Bonchev–Trinajstić information content (AvgIpc) is 2.83. The summed E-state index contributed by atoms with van der Waals surface area (Å²) in [4.78, 5) is 29.4. The van der Waals surface area contributed by atoms with Crippen molar-refractivity contribution < 1.29 is 22.7 Å². The molecule has 194 valence electrons. The van der Waals surface area contributed by atoms with Crippen molar-refractivity contribution in [3.8, 4) is 11.1 Å². The highest BCUT2D eigenvalue weighted by molar-refractivity contribution is 7.91. The Kier molecular flexibility index (Phi) is 7.73. The van der Waals surface area contributed by atoms with Crippen LogP contribution in [0.2, 0.25) is 0 Å². The Balaban J connectivity index is 1.67. The summed E-state index contributed by atoms with van der Waals surface area (Å²) in [6.45, 7) is 7.56. The Morgan fingerprint density at radius 1 is 0.972 bits per heavy atom. The van der Waals surface area contributed by atoms with Crippen molar-refractivity contribution in [2.24, 2.45) is 5.92 Å². The Morgan fingerprint density at radius 3 is 2.22 bits per heavy atom. The maximum absolute atomic E-state index is 13.3. The van der Waals surface area contributed by atoms with E-state index in [2.05, 4.69) is 0 Å². The molecule has 36 heavy (non-hydrogen) atoms. The maximum atomic E-state index is 13.3. The number of carbonyl (C=O) groups is 2. The number of sulfone groups is 1. The second kappa shape index (κ2) is 10.6. The van der Waals surface area contributed by atoms with Crippen molar-refractivity contribution >= 4 is 33.2 Å². The van der Waals surface area contributed by atoms with Gasteiger partial charge in [0.2, 0.25) is 5.91 Å². The molecule has 0 N–H and O–H groups in total. The third-order valence-electron chi connectivity index (χ3n) is 6.89. The number of carbonyl (C=O) groups excluding carboxylic acids is 2. The van der Waals surface area contributed by atoms with Crippen molar-refractivity contribution in [3.63, 3.8) is 0 Å². The van der Waals surface area contributed by atoms with Gasteiger partial charge >= 0.3 is 6.09 Å². The second-order valence-electron chi connectivity index (χ2n) is 10.4. The van der Waals surface area contributed by atoms with Gasteiger partial charge in [-0.1, -0.05) is 38.5 Å². The first-order chi connectivity index (χ1) is 17.1. The molecule has 1 atom stereocenters. The monoisotopic (exact) mass is 512 g/mol. The summed E-state index contributed by atoms with van der Waals surface area (Å²) in [5.74, 6) is 0.0558. The molecule has 0 radical (unpaired) electrons. The summed E-state index contributed by atoms with van der Waals surface area (Å²) in [5.41, 5.74) is 2.95. The van der Waals surface area contributed by atoms with Crippen LogP contribution in [0.1, 0.15) is 59.8 Å². The van der Waals surface area contributed by atoms with Crippen LogP contribution >= 0.6 is 0 Å². The van der Waals surface area contributed by atoms with Crippen LogP contribution < -0.4 is 9.80 Å². The molecule has 7 nitrogen and oxygen atoms in total. The van der Waals surface area contributed by atoms with Crippen molar-refractivity contribution in [3.05, 3.63) is 42.5 Å². The minimum absolute atomic E-state index is 0.0429. The molecule has 1 aliphatic heterocycles. The van der Waals surface area contributed by atoms with Crippen LogP contribution in [0.4, 0.5) is 16.2 Å². The molecule has 1 unspecified atom stereocenters. The SMILES string of the molecule is CC(=O)N1c2ccc(-c3ccc(S(=O)(=O)CC(C)C)cc3)cc2N(C(=O)OC2CCCCC2)CC1C. The van der Waals surface area contributed by atoms with Gasteiger partial charge < -0.3 is 9.64 Å². The first-order valence-electron chi connectivity index (χ1n) is 12.8. The first-order valence-corrected chi connectivity index (χ1v) is 14.5. The predicted molar refractivity (Wildman–Crippen MR) is 142 cm³/mol. The van der Waals surface area contributed by atoms with Gasteiger partial charge in [-0.3, -0.25) is 9.69 Å². The number of hydrogen-bond donors (Lipinski definition) is 0. The van der Waals surface area contributed by atoms with Gasteiger partial charge in [0.05, 0.1) is 28.1 Å². The van der Waals surface area contributed by atoms with E-state index in [0.29, 0.717) is 22.8 Å². The van der Waals surface area contributed by atoms with Gasteiger partial charge in [-0.2, -0.15) is 0 Å². The molecule has 1 heterocycles. The summed E-state index contributed by atoms with van der Waals surface area (Å²) in [6, 6.07) is 12.3. The van der Waals surface area contributed by atoms with E-state index in [4.69, 9.17) is 4.74 Å². The minimum Gasteiger partial charge on any atom is -0.446 e. The van der Waals surface area contributed by atoms with E-state index < -0.39 is 9.84 Å². The molecule has 4 rings (SSSR count). The fourth-order valence-corrected chi connectivity index (χ4v) is 6.86. The molecule has 8 heteroatoms. The summed E-state index contributed by atoms with van der Waals surface area (Å²) in [7, 11) is -3.34. The van der Waals surface area contributed by atoms with E-state index in [1.807, 2.05) is 39.0 Å². The van der Waals surface area contributed by atoms with Crippen molar-refractivity contribution in [2.75, 3.05) is 22.1 Å². The van der Waals surface area contributed by atoms with Crippen LogP contribution in [0.15, 0.2) is 47.4 Å². The number of fused-ring (bicyclic) bond motifs is 1. The molecule has 0 spiro atoms. The molecule has 2 aliphatic rings. The van der Waals surface area contributed by atoms with Gasteiger partial charge in [0, 0.05) is 13.5 Å². The first kappa shape index (κ1) is 26.2. The molecule has 2 amide bonds. The Bertz CT molecular complexity index is 1220. The van der Waals surface area contributed by atoms with Crippen LogP contribution in [0.25, 0.3) is 11.1 Å². The Labute approximate surface area is 214 Å². The predicted octanol–water partition coefficient (Wildman–Crippen LogP) is 5.81. The molecule has 0 bridgehead atoms. The lowest BCUT2D eigenvalue weighted by molar-refractivity contribution is -0.117. The van der Waals surface area contributed by atoms with E-state index in [-0.39, 0.29) is 35.8 Å². The van der Waals surface area contributed by atoms with Crippen molar-refractivity contribution in [1.29, 1.82) is 0 Å². The molecule has 0 saturated heterocycles. The van der Waals surface area contributed by atoms with Crippen LogP contribution in [-0.4, -0.2) is 44.9 Å². The highest BCUT2D eigenvalue weighted by Crippen LogP contribution is 2.39. The number of nitrogens with zero attached hydrogens (tertiary/aromatic N) is 2. The van der Waals surface area contributed by atoms with E-state index >= 15 is 0 Å². The Hall–Kier alpha value is -2.87. The molecule has 1 fully saturated rings. The van der Waals surface area contributed by atoms with E-state index in [1.165, 1.54) is 13.3 Å². The lowest BCUT2D eigenvalue weighted by Crippen LogP contribution is -2.52. The fourth-order valence-electron chi connectivity index (χ4n) is 5.24. The zero-order valence-corrected chi connectivity index (χ0v) is 22.4. The zero-order valence-electron chi connectivity index (χ0n) is 21.6. The van der Waals surface area contributed by atoms with Gasteiger partial charge in [-0.25, -0.2) is 13.2 Å². The standard InChI is InChI=1S/C28H36N2O5S/c1-19(2)18-36(33,34)25-13-10-22(11-14-25)23-12-15-26-27(16-23)29(17-20(3)30(26)21(4)31)28(32)35-24-8-6-5-7-9-24/h10-16,19-20,24H,5-9,17-18H2,1-4H3. The number of rotatable bonds is 5. The number of hydrogen-bond acceptors (Lipinski definition) is 5. The topological polar surface area (TPSA) is 84.0 Å². The van der Waals surface area contributed by atoms with Gasteiger partial charge in [0.25, 0.3) is 0 Å². The number of ether oxygens (including phenoxy) is 1. The maximum Gasteiger partial charge on any atom is 0.414 e. The number of amides is 2. The number of anilines is 2. The van der Waals surface area contributed by atoms with E-state index in [0.717, 1.165) is 36.8 Å². The summed E-state index contributed by atoms with van der Waals surface area (Å²) in [5, 5.41) is 0. The van der Waals surface area contributed by atoms with Gasteiger partial charge in [0.1, 0.15) is 6.10 Å². The molecule has 1 saturated carbocycles. The quantitative estimate of drug-likeness (QED) is 0.504. The minimum atomic E-state index is -3.34. The highest BCUT2D eigenvalue weighted by Gasteiger charge is 2.35. The molecule has 1 aliphatic carbocycles. The van der Waals surface area contributed by atoms with Crippen LogP contribution in [-0.2, 0) is 19.4 Å². The van der Waals surface area contributed by atoms with Gasteiger partial charge in [0.15, 0.2) is 9.84 Å². The highest BCUT2D eigenvalue weighted by atomic mass is 32.2. The molecule has 2 aromatic rings. The van der Waals surface area contributed by atoms with Gasteiger partial charge in [-0.05, 0) is 73.9 Å². The zero-order chi connectivity index (χ0) is 26.0. The Morgan fingerprint density at radius 2 is 1.61 bits per heavy atom. The average molecular weight is 513 g/mol. The molecule has 2 aromatic carbocycles. The summed E-state index contributed by atoms with van der Waals surface area (Å²) in [6.07, 6.45) is 4.62. The smallest absolute Gasteiger partial charge is 0.414 e. The third-order valence-corrected chi connectivity index (χ3v) is 8.99. The molecular weight excluding hydrogens is 476 g/mol. The number of benzene rings is 2. The van der Waals surface area contributed by atoms with E-state index in [9.17, 15) is 18.0 Å². The summed E-state index contributed by atoms with van der Waals surface area (Å²) < 4.78 is 31.1. The van der Waals surface area contributed by atoms with Crippen molar-refractivity contribution in [2.45, 2.75) is 76.8 Å². The lowest BCUT2D eigenvalue weighted by Gasteiger charge is -2.41.